The van der Waals surface area contributed by atoms with Gasteiger partial charge in [0.05, 0.1) is 31.1 Å². The second-order valence-electron chi connectivity index (χ2n) is 11.0. The Morgan fingerprint density at radius 2 is 1.73 bits per heavy atom. The van der Waals surface area contributed by atoms with Crippen LogP contribution in [0.1, 0.15) is 48.3 Å². The molecule has 1 atom stereocenters. The number of sulfonamides is 1. The van der Waals surface area contributed by atoms with Crippen LogP contribution in [0, 0.1) is 12.8 Å². The molecule has 0 unspecified atom stereocenters. The average Bonchev–Trinajstić information content (AvgIpc) is 3.39. The summed E-state index contributed by atoms with van der Waals surface area (Å²) < 4.78 is 53.2. The summed E-state index contributed by atoms with van der Waals surface area (Å²) in [5.41, 5.74) is 0.351. The third kappa shape index (κ3) is 7.31. The van der Waals surface area contributed by atoms with Crippen LogP contribution in [0.4, 0.5) is 0 Å². The standard InChI is InChI=1S/C30H38N6O8S/c1-19(2)28-29-32-20(3)34-36(29)12-13-42-25-16-21(6-8-23(25)41-4)30(38)31-10-5-11-35(18-27(37)33-28)45(39,40)22-7-9-24-26(17-22)44-15-14-43-24/h6-9,16-17,19,28H,5,10-15,18H2,1-4H3,(H,31,38)(H,33,37)/t28-/m0/s1. The number of nitrogens with zero attached hydrogens (tertiary/aromatic N) is 4. The topological polar surface area (TPSA) is 163 Å². The van der Waals surface area contributed by atoms with Crippen molar-refractivity contribution in [1.29, 1.82) is 0 Å². The second-order valence-corrected chi connectivity index (χ2v) is 12.9. The number of carbonyl (C=O) groups is 2. The molecule has 0 spiro atoms. The lowest BCUT2D eigenvalue weighted by Gasteiger charge is -2.26. The van der Waals surface area contributed by atoms with E-state index in [1.807, 2.05) is 13.8 Å². The van der Waals surface area contributed by atoms with E-state index in [0.717, 1.165) is 4.31 Å². The zero-order chi connectivity index (χ0) is 32.1. The molecular weight excluding hydrogens is 604 g/mol. The van der Waals surface area contributed by atoms with Crippen molar-refractivity contribution in [2.45, 2.75) is 44.7 Å². The number of rotatable bonds is 4. The zero-order valence-electron chi connectivity index (χ0n) is 25.7. The predicted molar refractivity (Wildman–Crippen MR) is 162 cm³/mol. The number of fused-ring (bicyclic) bond motifs is 4. The molecule has 0 saturated heterocycles. The fourth-order valence-corrected chi connectivity index (χ4v) is 6.58. The summed E-state index contributed by atoms with van der Waals surface area (Å²) in [6.45, 7) is 6.42. The first-order chi connectivity index (χ1) is 21.6. The number of amides is 2. The van der Waals surface area contributed by atoms with E-state index in [4.69, 9.17) is 18.9 Å². The minimum Gasteiger partial charge on any atom is -0.493 e. The first-order valence-corrected chi connectivity index (χ1v) is 16.2. The van der Waals surface area contributed by atoms with Gasteiger partial charge in [0.15, 0.2) is 23.0 Å². The molecule has 2 N–H and O–H groups in total. The Morgan fingerprint density at radius 3 is 2.49 bits per heavy atom. The number of hydrogen-bond donors (Lipinski definition) is 2. The van der Waals surface area contributed by atoms with E-state index in [-0.39, 0.29) is 42.8 Å². The number of ether oxygens (including phenoxy) is 4. The molecule has 0 fully saturated rings. The minimum absolute atomic E-state index is 0.0349. The number of hydrogen-bond acceptors (Lipinski definition) is 10. The molecule has 0 aliphatic carbocycles. The number of aryl methyl sites for hydroxylation is 1. The Bertz CT molecular complexity index is 1660. The highest BCUT2D eigenvalue weighted by atomic mass is 32.2. The van der Waals surface area contributed by atoms with Crippen LogP contribution in [0.15, 0.2) is 41.3 Å². The summed E-state index contributed by atoms with van der Waals surface area (Å²) in [6, 6.07) is 8.68. The van der Waals surface area contributed by atoms with Crippen LogP contribution in [0.5, 0.6) is 23.0 Å². The number of methoxy groups -OCH3 is 1. The van der Waals surface area contributed by atoms with Gasteiger partial charge in [-0.1, -0.05) is 13.8 Å². The van der Waals surface area contributed by atoms with E-state index in [2.05, 4.69) is 20.7 Å². The molecule has 15 heteroatoms. The monoisotopic (exact) mass is 642 g/mol. The highest BCUT2D eigenvalue weighted by Crippen LogP contribution is 2.33. The molecular formula is C30H38N6O8S. The summed E-state index contributed by atoms with van der Waals surface area (Å²) in [6.07, 6.45) is 0.240. The van der Waals surface area contributed by atoms with E-state index in [1.165, 1.54) is 19.2 Å². The maximum absolute atomic E-state index is 13.9. The van der Waals surface area contributed by atoms with Gasteiger partial charge < -0.3 is 29.6 Å². The molecule has 5 rings (SSSR count). The van der Waals surface area contributed by atoms with Gasteiger partial charge in [0.1, 0.15) is 31.5 Å². The molecule has 2 aliphatic rings. The molecule has 2 aliphatic heterocycles. The van der Waals surface area contributed by atoms with Gasteiger partial charge in [0.2, 0.25) is 15.9 Å². The molecule has 3 heterocycles. The summed E-state index contributed by atoms with van der Waals surface area (Å²) in [5.74, 6) is 1.66. The molecule has 2 amide bonds. The normalized spacial score (nSPS) is 18.6. The Labute approximate surface area is 262 Å². The van der Waals surface area contributed by atoms with Gasteiger partial charge >= 0.3 is 0 Å². The van der Waals surface area contributed by atoms with Crippen molar-refractivity contribution in [3.63, 3.8) is 0 Å². The summed E-state index contributed by atoms with van der Waals surface area (Å²) in [4.78, 5) is 31.1. The molecule has 2 bridgehead atoms. The largest absolute Gasteiger partial charge is 0.493 e. The van der Waals surface area contributed by atoms with Crippen molar-refractivity contribution in [3.8, 4) is 23.0 Å². The van der Waals surface area contributed by atoms with Crippen molar-refractivity contribution >= 4 is 21.8 Å². The van der Waals surface area contributed by atoms with E-state index in [9.17, 15) is 18.0 Å². The quantitative estimate of drug-likeness (QED) is 0.431. The Hall–Kier alpha value is -4.37. The van der Waals surface area contributed by atoms with E-state index >= 15 is 0 Å². The lowest BCUT2D eigenvalue weighted by Crippen LogP contribution is -2.44. The molecule has 14 nitrogen and oxygen atoms in total. The number of carbonyl (C=O) groups excluding carboxylic acids is 2. The summed E-state index contributed by atoms with van der Waals surface area (Å²) >= 11 is 0. The van der Waals surface area contributed by atoms with Crippen LogP contribution < -0.4 is 29.6 Å². The minimum atomic E-state index is -4.16. The number of aromatic nitrogens is 3. The SMILES string of the molecule is COc1ccc2cc1OCCn1nc(C)nc1[C@H](C(C)C)NC(=O)CN(S(=O)(=O)c1ccc3c(c1)OCCO3)CCCNC2=O. The highest BCUT2D eigenvalue weighted by Gasteiger charge is 2.31. The average molecular weight is 643 g/mol. The molecule has 2 aromatic carbocycles. The lowest BCUT2D eigenvalue weighted by atomic mass is 10.0. The number of benzene rings is 2. The maximum atomic E-state index is 13.9. The van der Waals surface area contributed by atoms with Crippen LogP contribution >= 0.6 is 0 Å². The van der Waals surface area contributed by atoms with Crippen LogP contribution in [-0.4, -0.2) is 85.9 Å². The van der Waals surface area contributed by atoms with Gasteiger partial charge in [-0.15, -0.1) is 0 Å². The van der Waals surface area contributed by atoms with E-state index in [1.54, 1.807) is 35.9 Å². The predicted octanol–water partition coefficient (Wildman–Crippen LogP) is 2.08. The molecule has 0 radical (unpaired) electrons. The fourth-order valence-electron chi connectivity index (χ4n) is 5.12. The third-order valence-electron chi connectivity index (χ3n) is 7.40. The Kier molecular flexibility index (Phi) is 9.77. The van der Waals surface area contributed by atoms with Crippen LogP contribution in [0.2, 0.25) is 0 Å². The first kappa shape index (κ1) is 32.0. The van der Waals surface area contributed by atoms with Crippen molar-refractivity contribution in [3.05, 3.63) is 53.6 Å². The maximum Gasteiger partial charge on any atom is 0.251 e. The lowest BCUT2D eigenvalue weighted by molar-refractivity contribution is -0.122. The summed E-state index contributed by atoms with van der Waals surface area (Å²) in [5, 5.41) is 10.3. The molecule has 45 heavy (non-hydrogen) atoms. The smallest absolute Gasteiger partial charge is 0.251 e. The highest BCUT2D eigenvalue weighted by molar-refractivity contribution is 7.89. The second kappa shape index (κ2) is 13.7. The van der Waals surface area contributed by atoms with Crippen LogP contribution in [-0.2, 0) is 21.4 Å². The van der Waals surface area contributed by atoms with Gasteiger partial charge in [-0.2, -0.15) is 9.40 Å². The van der Waals surface area contributed by atoms with Crippen molar-refractivity contribution in [1.82, 2.24) is 29.7 Å². The molecule has 3 aromatic rings. The van der Waals surface area contributed by atoms with Gasteiger partial charge in [0.25, 0.3) is 5.91 Å². The molecule has 0 saturated carbocycles. The summed E-state index contributed by atoms with van der Waals surface area (Å²) in [7, 11) is -2.64. The molecule has 1 aromatic heterocycles. The van der Waals surface area contributed by atoms with Crippen LogP contribution in [0.3, 0.4) is 0 Å². The first-order valence-electron chi connectivity index (χ1n) is 14.8. The van der Waals surface area contributed by atoms with Gasteiger partial charge in [0, 0.05) is 24.7 Å². The van der Waals surface area contributed by atoms with Gasteiger partial charge in [-0.3, -0.25) is 9.59 Å². The Morgan fingerprint density at radius 1 is 0.978 bits per heavy atom. The van der Waals surface area contributed by atoms with E-state index < -0.39 is 28.5 Å². The van der Waals surface area contributed by atoms with Crippen molar-refractivity contribution in [2.24, 2.45) is 5.92 Å². The van der Waals surface area contributed by atoms with E-state index in [0.29, 0.717) is 60.0 Å². The van der Waals surface area contributed by atoms with Gasteiger partial charge in [-0.25, -0.2) is 18.1 Å². The van der Waals surface area contributed by atoms with Crippen molar-refractivity contribution < 1.29 is 37.0 Å². The third-order valence-corrected chi connectivity index (χ3v) is 9.24. The van der Waals surface area contributed by atoms with Gasteiger partial charge in [-0.05, 0) is 49.6 Å². The Balaban J connectivity index is 1.48. The number of nitrogens with one attached hydrogen (secondary N) is 2. The zero-order valence-corrected chi connectivity index (χ0v) is 26.6. The molecule has 242 valence electrons. The van der Waals surface area contributed by atoms with Crippen LogP contribution in [0.25, 0.3) is 0 Å². The van der Waals surface area contributed by atoms with Crippen molar-refractivity contribution in [2.75, 3.05) is 46.6 Å². The fraction of sp³-hybridized carbons (Fsp3) is 0.467.